The molecule has 0 aromatic carbocycles. The summed E-state index contributed by atoms with van der Waals surface area (Å²) < 4.78 is 0. The van der Waals surface area contributed by atoms with Gasteiger partial charge in [-0.05, 0) is 26.2 Å². The molecule has 2 aliphatic heterocycles. The van der Waals surface area contributed by atoms with Gasteiger partial charge in [0, 0.05) is 12.1 Å². The molecular weight excluding hydrogens is 264 g/mol. The lowest BCUT2D eigenvalue weighted by Crippen LogP contribution is -2.45. The van der Waals surface area contributed by atoms with Crippen molar-refractivity contribution in [2.75, 3.05) is 0 Å². The lowest BCUT2D eigenvalue weighted by molar-refractivity contribution is -0.142. The van der Waals surface area contributed by atoms with Crippen LogP contribution in [-0.4, -0.2) is 54.7 Å². The summed E-state index contributed by atoms with van der Waals surface area (Å²) in [6, 6.07) is -0.795. The third kappa shape index (κ3) is 1.98. The monoisotopic (exact) mass is 280 g/mol. The van der Waals surface area contributed by atoms with Gasteiger partial charge < -0.3 is 15.3 Å². The quantitative estimate of drug-likeness (QED) is 0.710. The summed E-state index contributed by atoms with van der Waals surface area (Å²) in [6.45, 7) is 1.76. The first-order chi connectivity index (χ1) is 9.58. The molecule has 2 fully saturated rings. The number of aromatic amines is 1. The molecule has 108 valence electrons. The molecule has 2 bridgehead atoms. The molecule has 2 aliphatic rings. The molecule has 20 heavy (non-hydrogen) atoms. The summed E-state index contributed by atoms with van der Waals surface area (Å²) in [5.74, 6) is -0.860. The molecule has 0 saturated carbocycles. The van der Waals surface area contributed by atoms with Gasteiger partial charge in [-0.3, -0.25) is 4.79 Å². The fourth-order valence-electron chi connectivity index (χ4n) is 3.25. The second kappa shape index (κ2) is 4.73. The largest absolute Gasteiger partial charge is 0.481 e. The van der Waals surface area contributed by atoms with Gasteiger partial charge in [-0.25, -0.2) is 4.79 Å². The molecule has 9 nitrogen and oxygen atoms in total. The number of rotatable bonds is 3. The predicted octanol–water partition coefficient (Wildman–Crippen LogP) is -0.0922. The molecule has 2 saturated heterocycles. The molecule has 3 rings (SSSR count). The zero-order valence-corrected chi connectivity index (χ0v) is 11.0. The number of nitrogens with zero attached hydrogens (tertiary/aromatic N) is 4. The Morgan fingerprint density at radius 2 is 2.30 bits per heavy atom. The van der Waals surface area contributed by atoms with E-state index in [1.807, 2.05) is 0 Å². The van der Waals surface area contributed by atoms with Gasteiger partial charge in [0.05, 0.1) is 12.0 Å². The Kier molecular flexibility index (Phi) is 3.03. The van der Waals surface area contributed by atoms with E-state index in [4.69, 9.17) is 0 Å². The lowest BCUT2D eigenvalue weighted by atomic mass is 9.89. The summed E-state index contributed by atoms with van der Waals surface area (Å²) in [7, 11) is 0. The molecule has 1 aromatic rings. The van der Waals surface area contributed by atoms with Crippen molar-refractivity contribution in [1.82, 2.24) is 30.8 Å². The fourth-order valence-corrected chi connectivity index (χ4v) is 3.25. The summed E-state index contributed by atoms with van der Waals surface area (Å²) in [5, 5.41) is 25.4. The van der Waals surface area contributed by atoms with Crippen molar-refractivity contribution in [3.05, 3.63) is 5.82 Å². The third-order valence-corrected chi connectivity index (χ3v) is 4.18. The number of carbonyl (C=O) groups excluding carboxylic acids is 1. The van der Waals surface area contributed by atoms with Gasteiger partial charge in [0.25, 0.3) is 0 Å². The Hall–Kier alpha value is -2.19. The minimum absolute atomic E-state index is 0.0265. The van der Waals surface area contributed by atoms with Crippen molar-refractivity contribution in [3.63, 3.8) is 0 Å². The van der Waals surface area contributed by atoms with Gasteiger partial charge in [0.15, 0.2) is 5.82 Å². The van der Waals surface area contributed by atoms with Gasteiger partial charge in [-0.2, -0.15) is 5.21 Å². The van der Waals surface area contributed by atoms with Crippen LogP contribution in [0.25, 0.3) is 0 Å². The van der Waals surface area contributed by atoms with Crippen LogP contribution in [-0.2, 0) is 4.79 Å². The van der Waals surface area contributed by atoms with Gasteiger partial charge in [0.1, 0.15) is 0 Å². The Morgan fingerprint density at radius 3 is 2.90 bits per heavy atom. The van der Waals surface area contributed by atoms with E-state index >= 15 is 0 Å². The smallest absolute Gasteiger partial charge is 0.318 e. The topological polar surface area (TPSA) is 124 Å². The number of hydrogen-bond acceptors (Lipinski definition) is 5. The Bertz CT molecular complexity index is 518. The maximum atomic E-state index is 12.3. The van der Waals surface area contributed by atoms with Crippen LogP contribution in [0.1, 0.15) is 38.1 Å². The molecule has 3 N–H and O–H groups in total. The van der Waals surface area contributed by atoms with Crippen LogP contribution in [0.4, 0.5) is 4.79 Å². The maximum absolute atomic E-state index is 12.3. The molecule has 0 aliphatic carbocycles. The van der Waals surface area contributed by atoms with Gasteiger partial charge in [-0.1, -0.05) is 5.21 Å². The predicted molar refractivity (Wildman–Crippen MR) is 65.5 cm³/mol. The Morgan fingerprint density at radius 1 is 1.50 bits per heavy atom. The minimum Gasteiger partial charge on any atom is -0.481 e. The maximum Gasteiger partial charge on any atom is 0.318 e. The number of tetrazole rings is 1. The highest BCUT2D eigenvalue weighted by atomic mass is 16.4. The van der Waals surface area contributed by atoms with Gasteiger partial charge in [-0.15, -0.1) is 10.2 Å². The van der Waals surface area contributed by atoms with Crippen molar-refractivity contribution in [3.8, 4) is 0 Å². The molecule has 0 radical (unpaired) electrons. The zero-order valence-electron chi connectivity index (χ0n) is 11.0. The van der Waals surface area contributed by atoms with E-state index in [0.717, 1.165) is 12.8 Å². The number of hydrogen-bond donors (Lipinski definition) is 3. The van der Waals surface area contributed by atoms with Crippen LogP contribution >= 0.6 is 0 Å². The Labute approximate surface area is 114 Å². The molecule has 1 aromatic heterocycles. The number of urea groups is 1. The van der Waals surface area contributed by atoms with E-state index in [0.29, 0.717) is 12.2 Å². The van der Waals surface area contributed by atoms with Crippen LogP contribution in [0.3, 0.4) is 0 Å². The van der Waals surface area contributed by atoms with Crippen LogP contribution in [0, 0.1) is 5.92 Å². The number of H-pyrrole nitrogens is 1. The van der Waals surface area contributed by atoms with E-state index in [1.54, 1.807) is 11.8 Å². The SMILES string of the molecule is CC(NC(=O)N1C2CCC1C(C(=O)O)C2)c1nn[nH]n1. The molecule has 4 atom stereocenters. The van der Waals surface area contributed by atoms with Crippen LogP contribution in [0.5, 0.6) is 0 Å². The van der Waals surface area contributed by atoms with Gasteiger partial charge in [0.2, 0.25) is 0 Å². The number of fused-ring (bicyclic) bond motifs is 2. The first kappa shape index (κ1) is 12.8. The van der Waals surface area contributed by atoms with Crippen LogP contribution in [0.15, 0.2) is 0 Å². The number of nitrogens with one attached hydrogen (secondary N) is 2. The molecule has 9 heteroatoms. The summed E-state index contributed by atoms with van der Waals surface area (Å²) in [5.41, 5.74) is 0. The highest BCUT2D eigenvalue weighted by molar-refractivity contribution is 5.79. The number of amides is 2. The average Bonchev–Trinajstić information content (AvgIpc) is 3.13. The number of aliphatic carboxylic acids is 1. The molecule has 3 heterocycles. The normalized spacial score (nSPS) is 29.4. The Balaban J connectivity index is 1.68. The third-order valence-electron chi connectivity index (χ3n) is 4.18. The van der Waals surface area contributed by atoms with Crippen molar-refractivity contribution in [2.45, 2.75) is 44.3 Å². The molecule has 0 spiro atoms. The van der Waals surface area contributed by atoms with Crippen LogP contribution < -0.4 is 5.32 Å². The molecule has 4 unspecified atom stereocenters. The lowest BCUT2D eigenvalue weighted by Gasteiger charge is -2.24. The number of aromatic nitrogens is 4. The number of carboxylic acids is 1. The highest BCUT2D eigenvalue weighted by Gasteiger charge is 2.51. The fraction of sp³-hybridized carbons (Fsp3) is 0.727. The second-order valence-corrected chi connectivity index (χ2v) is 5.33. The zero-order chi connectivity index (χ0) is 14.3. The van der Waals surface area contributed by atoms with Crippen molar-refractivity contribution >= 4 is 12.0 Å². The van der Waals surface area contributed by atoms with Gasteiger partial charge >= 0.3 is 12.0 Å². The second-order valence-electron chi connectivity index (χ2n) is 5.33. The first-order valence-electron chi connectivity index (χ1n) is 6.63. The number of carbonyl (C=O) groups is 2. The highest BCUT2D eigenvalue weighted by Crippen LogP contribution is 2.41. The molecule has 2 amide bonds. The standard InChI is InChI=1S/C11H16N6O3/c1-5(9-13-15-16-14-9)12-11(20)17-6-2-3-8(17)7(4-6)10(18)19/h5-8H,2-4H2,1H3,(H,12,20)(H,18,19)(H,13,14,15,16). The summed E-state index contributed by atoms with van der Waals surface area (Å²) >= 11 is 0. The van der Waals surface area contributed by atoms with E-state index in [9.17, 15) is 14.7 Å². The van der Waals surface area contributed by atoms with Crippen LogP contribution in [0.2, 0.25) is 0 Å². The average molecular weight is 280 g/mol. The minimum atomic E-state index is -0.818. The summed E-state index contributed by atoms with van der Waals surface area (Å²) in [4.78, 5) is 25.2. The van der Waals surface area contributed by atoms with E-state index < -0.39 is 11.9 Å². The van der Waals surface area contributed by atoms with Crippen molar-refractivity contribution < 1.29 is 14.7 Å². The number of carboxylic acid groups (broad SMARTS) is 1. The molecular formula is C11H16N6O3. The first-order valence-corrected chi connectivity index (χ1v) is 6.63. The van der Waals surface area contributed by atoms with E-state index in [1.165, 1.54) is 0 Å². The van der Waals surface area contributed by atoms with Crippen molar-refractivity contribution in [1.29, 1.82) is 0 Å². The van der Waals surface area contributed by atoms with E-state index in [-0.39, 0.29) is 24.2 Å². The van der Waals surface area contributed by atoms with E-state index in [2.05, 4.69) is 25.9 Å². The summed E-state index contributed by atoms with van der Waals surface area (Å²) in [6.07, 6.45) is 2.17. The van der Waals surface area contributed by atoms with Crippen molar-refractivity contribution in [2.24, 2.45) is 5.92 Å².